The molecule has 2 heterocycles. The van der Waals surface area contributed by atoms with Gasteiger partial charge < -0.3 is 0 Å². The van der Waals surface area contributed by atoms with Crippen LogP contribution < -0.4 is 0 Å². The fourth-order valence-electron chi connectivity index (χ4n) is 0.892. The Bertz CT molecular complexity index is 388. The third kappa shape index (κ3) is 12.4. The quantitative estimate of drug-likeness (QED) is 0.710. The van der Waals surface area contributed by atoms with Gasteiger partial charge in [0.1, 0.15) is 12.1 Å². The number of pyridine rings is 1. The van der Waals surface area contributed by atoms with Crippen LogP contribution in [0.2, 0.25) is 0 Å². The minimum absolute atomic E-state index is 0.273. The van der Waals surface area contributed by atoms with Crippen molar-refractivity contribution in [3.05, 3.63) is 54.1 Å². The highest BCUT2D eigenvalue weighted by Crippen LogP contribution is 1.96. The zero-order valence-corrected chi connectivity index (χ0v) is 12.7. The van der Waals surface area contributed by atoms with Crippen LogP contribution in [0.1, 0.15) is 38.8 Å². The van der Waals surface area contributed by atoms with Gasteiger partial charge in [0.15, 0.2) is 0 Å². The summed E-state index contributed by atoms with van der Waals surface area (Å²) in [5.74, 6) is -0.273. The highest BCUT2D eigenvalue weighted by Gasteiger charge is 1.86. The molecule has 0 saturated heterocycles. The molecule has 0 aliphatic rings. The van der Waals surface area contributed by atoms with E-state index < -0.39 is 0 Å². The van der Waals surface area contributed by atoms with E-state index in [1.807, 2.05) is 34.6 Å². The van der Waals surface area contributed by atoms with Crippen molar-refractivity contribution in [2.75, 3.05) is 0 Å². The second-order valence-corrected chi connectivity index (χ2v) is 3.10. The van der Waals surface area contributed by atoms with Gasteiger partial charge in [0.05, 0.1) is 6.20 Å². The monoisotopic (exact) mass is 265 g/mol. The maximum absolute atomic E-state index is 12.1. The highest BCUT2D eigenvalue weighted by atomic mass is 19.1. The Morgan fingerprint density at radius 3 is 1.47 bits per heavy atom. The van der Waals surface area contributed by atoms with Crippen molar-refractivity contribution in [2.45, 2.75) is 41.5 Å². The predicted octanol–water partition coefficient (Wildman–Crippen LogP) is 4.37. The average Bonchev–Trinajstić information content (AvgIpc) is 2.44. The molecule has 0 fully saturated rings. The van der Waals surface area contributed by atoms with Crippen LogP contribution in [0.15, 0.2) is 37.2 Å². The summed E-state index contributed by atoms with van der Waals surface area (Å²) in [6.45, 7) is 11.8. The summed E-state index contributed by atoms with van der Waals surface area (Å²) in [4.78, 5) is 11.2. The number of hydrogen-bond donors (Lipinski definition) is 0. The molecule has 2 aromatic heterocycles. The fraction of sp³-hybridized carbons (Fsp3) is 0.400. The Morgan fingerprint density at radius 1 is 0.737 bits per heavy atom. The van der Waals surface area contributed by atoms with E-state index in [0.717, 1.165) is 11.1 Å². The van der Waals surface area contributed by atoms with E-state index in [-0.39, 0.29) is 5.82 Å². The molecular weight excluding hydrogens is 241 g/mol. The molecule has 0 amide bonds. The summed E-state index contributed by atoms with van der Waals surface area (Å²) in [6.07, 6.45) is 7.86. The summed E-state index contributed by atoms with van der Waals surface area (Å²) in [5, 5.41) is 0. The first-order valence-corrected chi connectivity index (χ1v) is 6.47. The Hall–Kier alpha value is -1.84. The third-order valence-electron chi connectivity index (χ3n) is 1.53. The van der Waals surface area contributed by atoms with Crippen molar-refractivity contribution in [3.63, 3.8) is 0 Å². The van der Waals surface area contributed by atoms with E-state index in [9.17, 15) is 4.39 Å². The van der Waals surface area contributed by atoms with Crippen LogP contribution in [0.4, 0.5) is 4.39 Å². The van der Waals surface area contributed by atoms with Gasteiger partial charge in [-0.1, -0.05) is 27.7 Å². The van der Waals surface area contributed by atoms with Crippen molar-refractivity contribution >= 4 is 0 Å². The molecule has 0 aliphatic heterocycles. The minimum atomic E-state index is -0.273. The SMILES string of the molecule is CC.CC.Cc1cncc(F)c1.Cc1cncnc1. The number of nitrogens with zero attached hydrogens (tertiary/aromatic N) is 3. The number of hydrogen-bond acceptors (Lipinski definition) is 3. The second kappa shape index (κ2) is 14.2. The van der Waals surface area contributed by atoms with Gasteiger partial charge in [-0.15, -0.1) is 0 Å². The molecule has 3 nitrogen and oxygen atoms in total. The van der Waals surface area contributed by atoms with Crippen LogP contribution in [0.5, 0.6) is 0 Å². The van der Waals surface area contributed by atoms with Crippen LogP contribution >= 0.6 is 0 Å². The largest absolute Gasteiger partial charge is 0.261 e. The predicted molar refractivity (Wildman–Crippen MR) is 78.4 cm³/mol. The summed E-state index contributed by atoms with van der Waals surface area (Å²) >= 11 is 0. The van der Waals surface area contributed by atoms with Crippen LogP contribution in [0.25, 0.3) is 0 Å². The first-order chi connectivity index (χ1) is 9.18. The number of aromatic nitrogens is 3. The van der Waals surface area contributed by atoms with Gasteiger partial charge in [0, 0.05) is 18.6 Å². The van der Waals surface area contributed by atoms with E-state index in [0.29, 0.717) is 0 Å². The van der Waals surface area contributed by atoms with Gasteiger partial charge >= 0.3 is 0 Å². The van der Waals surface area contributed by atoms with E-state index in [1.165, 1.54) is 18.6 Å². The first kappa shape index (κ1) is 19.5. The molecule has 0 spiro atoms. The molecule has 0 atom stereocenters. The highest BCUT2D eigenvalue weighted by molar-refractivity contribution is 5.06. The summed E-state index contributed by atoms with van der Waals surface area (Å²) in [6, 6.07) is 1.44. The molecule has 0 radical (unpaired) electrons. The molecule has 0 saturated carbocycles. The number of rotatable bonds is 0. The molecule has 0 bridgehead atoms. The van der Waals surface area contributed by atoms with Gasteiger partial charge in [-0.3, -0.25) is 4.98 Å². The molecule has 19 heavy (non-hydrogen) atoms. The smallest absolute Gasteiger partial charge is 0.141 e. The van der Waals surface area contributed by atoms with Crippen molar-refractivity contribution < 1.29 is 4.39 Å². The molecule has 106 valence electrons. The van der Waals surface area contributed by atoms with Gasteiger partial charge in [-0.2, -0.15) is 0 Å². The van der Waals surface area contributed by atoms with Crippen LogP contribution in [-0.4, -0.2) is 15.0 Å². The zero-order chi connectivity index (χ0) is 15.1. The normalized spacial score (nSPS) is 7.74. The average molecular weight is 265 g/mol. The molecule has 0 aromatic carbocycles. The molecule has 4 heteroatoms. The first-order valence-electron chi connectivity index (χ1n) is 6.47. The van der Waals surface area contributed by atoms with Crippen molar-refractivity contribution in [1.29, 1.82) is 0 Å². The fourth-order valence-corrected chi connectivity index (χ4v) is 0.892. The second-order valence-electron chi connectivity index (χ2n) is 3.10. The summed E-state index contributed by atoms with van der Waals surface area (Å²) < 4.78 is 12.1. The Labute approximate surface area is 116 Å². The van der Waals surface area contributed by atoms with Crippen LogP contribution in [-0.2, 0) is 0 Å². The molecule has 0 N–H and O–H groups in total. The Balaban J connectivity index is 0. The number of halogens is 1. The van der Waals surface area contributed by atoms with Crippen LogP contribution in [0.3, 0.4) is 0 Å². The molecule has 2 rings (SSSR count). The van der Waals surface area contributed by atoms with Gasteiger partial charge in [0.25, 0.3) is 0 Å². The molecular formula is C15H24FN3. The van der Waals surface area contributed by atoms with E-state index >= 15 is 0 Å². The standard InChI is InChI=1S/C6H6FN.C5H6N2.2C2H6/c1-5-2-6(7)4-8-3-5;1-5-2-6-4-7-3-5;2*1-2/h2-4H,1H3;2-4H,1H3;2*1-2H3. The van der Waals surface area contributed by atoms with Gasteiger partial charge in [-0.05, 0) is 31.0 Å². The van der Waals surface area contributed by atoms with E-state index in [4.69, 9.17) is 0 Å². The third-order valence-corrected chi connectivity index (χ3v) is 1.53. The lowest BCUT2D eigenvalue weighted by molar-refractivity contribution is 0.620. The topological polar surface area (TPSA) is 38.7 Å². The summed E-state index contributed by atoms with van der Waals surface area (Å²) in [7, 11) is 0. The Morgan fingerprint density at radius 2 is 1.21 bits per heavy atom. The van der Waals surface area contributed by atoms with Crippen LogP contribution in [0, 0.1) is 19.7 Å². The van der Waals surface area contributed by atoms with E-state index in [2.05, 4.69) is 15.0 Å². The van der Waals surface area contributed by atoms with Crippen molar-refractivity contribution in [3.8, 4) is 0 Å². The van der Waals surface area contributed by atoms with Crippen molar-refractivity contribution in [2.24, 2.45) is 0 Å². The molecule has 0 unspecified atom stereocenters. The van der Waals surface area contributed by atoms with Gasteiger partial charge in [-0.25, -0.2) is 14.4 Å². The lowest BCUT2D eigenvalue weighted by Crippen LogP contribution is -1.77. The molecule has 0 aliphatic carbocycles. The Kier molecular flexibility index (Phi) is 14.6. The van der Waals surface area contributed by atoms with E-state index in [1.54, 1.807) is 25.5 Å². The molecule has 2 aromatic rings. The number of aryl methyl sites for hydroxylation is 2. The zero-order valence-electron chi connectivity index (χ0n) is 12.7. The van der Waals surface area contributed by atoms with Gasteiger partial charge in [0.2, 0.25) is 0 Å². The maximum Gasteiger partial charge on any atom is 0.141 e. The summed E-state index contributed by atoms with van der Waals surface area (Å²) in [5.41, 5.74) is 1.95. The van der Waals surface area contributed by atoms with Crippen molar-refractivity contribution in [1.82, 2.24) is 15.0 Å². The lowest BCUT2D eigenvalue weighted by atomic mass is 10.3. The maximum atomic E-state index is 12.1. The lowest BCUT2D eigenvalue weighted by Gasteiger charge is -1.86. The minimum Gasteiger partial charge on any atom is -0.261 e.